The lowest BCUT2D eigenvalue weighted by Crippen LogP contribution is -2.47. The summed E-state index contributed by atoms with van der Waals surface area (Å²) in [6.07, 6.45) is 3.06. The molecule has 4 nitrogen and oxygen atoms in total. The van der Waals surface area contributed by atoms with Gasteiger partial charge in [-0.3, -0.25) is 0 Å². The second kappa shape index (κ2) is 9.63. The monoisotopic (exact) mass is 314 g/mol. The van der Waals surface area contributed by atoms with Crippen LogP contribution in [0.4, 0.5) is 9.18 Å². The summed E-state index contributed by atoms with van der Waals surface area (Å²) in [6, 6.07) is 5.96. The molecule has 0 aliphatic carbocycles. The maximum Gasteiger partial charge on any atom is 0.315 e. The van der Waals surface area contributed by atoms with Crippen molar-refractivity contribution in [3.05, 3.63) is 35.6 Å². The molecular formula is C15H23FN2O2S. The number of carbonyl (C=O) groups excluding carboxylic acids is 1. The van der Waals surface area contributed by atoms with Crippen LogP contribution in [0.1, 0.15) is 18.9 Å². The van der Waals surface area contributed by atoms with E-state index in [1.807, 2.05) is 19.2 Å². The van der Waals surface area contributed by atoms with Crippen LogP contribution in [-0.2, 0) is 6.42 Å². The van der Waals surface area contributed by atoms with E-state index in [2.05, 4.69) is 10.6 Å². The highest BCUT2D eigenvalue weighted by Gasteiger charge is 2.13. The zero-order valence-electron chi connectivity index (χ0n) is 12.4. The highest BCUT2D eigenvalue weighted by atomic mass is 32.2. The molecule has 0 spiro atoms. The Kier molecular flexibility index (Phi) is 8.15. The van der Waals surface area contributed by atoms with Crippen molar-refractivity contribution < 1.29 is 14.3 Å². The first-order valence-electron chi connectivity index (χ1n) is 6.96. The van der Waals surface area contributed by atoms with E-state index in [1.54, 1.807) is 17.8 Å². The van der Waals surface area contributed by atoms with Crippen molar-refractivity contribution in [1.29, 1.82) is 0 Å². The third-order valence-electron chi connectivity index (χ3n) is 2.99. The number of hydrogen-bond donors (Lipinski definition) is 3. The van der Waals surface area contributed by atoms with Crippen LogP contribution in [0.5, 0.6) is 0 Å². The van der Waals surface area contributed by atoms with Gasteiger partial charge in [-0.25, -0.2) is 9.18 Å². The first kappa shape index (κ1) is 17.8. The molecule has 1 aromatic carbocycles. The van der Waals surface area contributed by atoms with Gasteiger partial charge in [-0.2, -0.15) is 11.8 Å². The Hall–Kier alpha value is -1.27. The van der Waals surface area contributed by atoms with Crippen molar-refractivity contribution in [1.82, 2.24) is 10.6 Å². The fraction of sp³-hybridized carbons (Fsp3) is 0.533. The van der Waals surface area contributed by atoms with Crippen molar-refractivity contribution in [2.75, 3.05) is 18.6 Å². The third-order valence-corrected chi connectivity index (χ3v) is 3.72. The van der Waals surface area contributed by atoms with Gasteiger partial charge in [-0.15, -0.1) is 0 Å². The summed E-state index contributed by atoms with van der Waals surface area (Å²) in [7, 11) is 0. The molecule has 2 unspecified atom stereocenters. The van der Waals surface area contributed by atoms with Crippen LogP contribution >= 0.6 is 11.8 Å². The van der Waals surface area contributed by atoms with E-state index in [9.17, 15) is 9.18 Å². The Morgan fingerprint density at radius 1 is 1.43 bits per heavy atom. The SMILES string of the molecule is CSCC(CCO)NC(=O)NC(C)Cc1cccc(F)c1. The molecule has 0 aromatic heterocycles. The van der Waals surface area contributed by atoms with Gasteiger partial charge in [0.25, 0.3) is 0 Å². The minimum Gasteiger partial charge on any atom is -0.396 e. The van der Waals surface area contributed by atoms with Crippen LogP contribution < -0.4 is 10.6 Å². The molecule has 0 heterocycles. The van der Waals surface area contributed by atoms with Crippen LogP contribution in [0.25, 0.3) is 0 Å². The average Bonchev–Trinajstić information content (AvgIpc) is 2.38. The van der Waals surface area contributed by atoms with Gasteiger partial charge in [0.15, 0.2) is 0 Å². The number of amides is 2. The Labute approximate surface area is 129 Å². The molecule has 0 aliphatic heterocycles. The number of nitrogens with one attached hydrogen (secondary N) is 2. The lowest BCUT2D eigenvalue weighted by atomic mass is 10.1. The van der Waals surface area contributed by atoms with Crippen molar-refractivity contribution in [2.45, 2.75) is 31.8 Å². The largest absolute Gasteiger partial charge is 0.396 e. The Balaban J connectivity index is 2.42. The molecule has 6 heteroatoms. The molecule has 2 amide bonds. The molecule has 3 N–H and O–H groups in total. The summed E-state index contributed by atoms with van der Waals surface area (Å²) in [4.78, 5) is 11.9. The van der Waals surface area contributed by atoms with Gasteiger partial charge in [0, 0.05) is 24.4 Å². The summed E-state index contributed by atoms with van der Waals surface area (Å²) in [6.45, 7) is 1.92. The standard InChI is InChI=1S/C15H23FN2O2S/c1-11(8-12-4-3-5-13(16)9-12)17-15(20)18-14(6-7-19)10-21-2/h3-5,9,11,14,19H,6-8,10H2,1-2H3,(H2,17,18,20). The van der Waals surface area contributed by atoms with E-state index in [1.165, 1.54) is 12.1 Å². The molecule has 21 heavy (non-hydrogen) atoms. The van der Waals surface area contributed by atoms with E-state index < -0.39 is 0 Å². The van der Waals surface area contributed by atoms with E-state index in [0.29, 0.717) is 12.8 Å². The maximum atomic E-state index is 13.1. The van der Waals surface area contributed by atoms with Crippen LogP contribution in [0.3, 0.4) is 0 Å². The van der Waals surface area contributed by atoms with E-state index in [0.717, 1.165) is 11.3 Å². The molecule has 0 aliphatic rings. The third kappa shape index (κ3) is 7.34. The minimum absolute atomic E-state index is 0.0460. The summed E-state index contributed by atoms with van der Waals surface area (Å²) < 4.78 is 13.1. The van der Waals surface area contributed by atoms with E-state index in [4.69, 9.17) is 5.11 Å². The number of rotatable bonds is 8. The summed E-state index contributed by atoms with van der Waals surface area (Å²) in [5.41, 5.74) is 0.846. The van der Waals surface area contributed by atoms with Crippen LogP contribution in [0.15, 0.2) is 24.3 Å². The van der Waals surface area contributed by atoms with Crippen molar-refractivity contribution in [3.63, 3.8) is 0 Å². The van der Waals surface area contributed by atoms with Crippen molar-refractivity contribution >= 4 is 17.8 Å². The van der Waals surface area contributed by atoms with Crippen LogP contribution in [0.2, 0.25) is 0 Å². The first-order chi connectivity index (χ1) is 10.0. The van der Waals surface area contributed by atoms with Crippen LogP contribution in [0, 0.1) is 5.82 Å². The lowest BCUT2D eigenvalue weighted by Gasteiger charge is -2.20. The molecule has 2 atom stereocenters. The molecule has 1 rings (SSSR count). The predicted octanol–water partition coefficient (Wildman–Crippen LogP) is 2.17. The minimum atomic E-state index is -0.271. The summed E-state index contributed by atoms with van der Waals surface area (Å²) in [5, 5.41) is 14.6. The fourth-order valence-corrected chi connectivity index (χ4v) is 2.73. The first-order valence-corrected chi connectivity index (χ1v) is 8.35. The summed E-state index contributed by atoms with van der Waals surface area (Å²) in [5.74, 6) is 0.485. The molecular weight excluding hydrogens is 291 g/mol. The predicted molar refractivity (Wildman–Crippen MR) is 85.1 cm³/mol. The second-order valence-corrected chi connectivity index (χ2v) is 5.93. The molecule has 1 aromatic rings. The number of halogens is 1. The molecule has 0 radical (unpaired) electrons. The molecule has 0 bridgehead atoms. The number of aliphatic hydroxyl groups is 1. The number of thioether (sulfide) groups is 1. The van der Waals surface area contributed by atoms with Gasteiger partial charge in [-0.1, -0.05) is 12.1 Å². The maximum absolute atomic E-state index is 13.1. The zero-order valence-corrected chi connectivity index (χ0v) is 13.3. The number of carbonyl (C=O) groups is 1. The lowest BCUT2D eigenvalue weighted by molar-refractivity contribution is 0.228. The van der Waals surface area contributed by atoms with E-state index >= 15 is 0 Å². The summed E-state index contributed by atoms with van der Waals surface area (Å²) >= 11 is 1.62. The number of benzene rings is 1. The number of aliphatic hydroxyl groups excluding tert-OH is 1. The van der Waals surface area contributed by atoms with Crippen LogP contribution in [-0.4, -0.2) is 41.8 Å². The van der Waals surface area contributed by atoms with Gasteiger partial charge in [-0.05, 0) is 43.7 Å². The van der Waals surface area contributed by atoms with Gasteiger partial charge in [0.1, 0.15) is 5.82 Å². The highest BCUT2D eigenvalue weighted by Crippen LogP contribution is 2.06. The average molecular weight is 314 g/mol. The molecule has 0 saturated heterocycles. The second-order valence-electron chi connectivity index (χ2n) is 5.02. The molecule has 0 saturated carbocycles. The normalized spacial score (nSPS) is 13.5. The molecule has 118 valence electrons. The number of hydrogen-bond acceptors (Lipinski definition) is 3. The Morgan fingerprint density at radius 2 is 2.19 bits per heavy atom. The fourth-order valence-electron chi connectivity index (χ4n) is 2.07. The van der Waals surface area contributed by atoms with Crippen molar-refractivity contribution in [2.24, 2.45) is 0 Å². The smallest absolute Gasteiger partial charge is 0.315 e. The van der Waals surface area contributed by atoms with Gasteiger partial charge >= 0.3 is 6.03 Å². The van der Waals surface area contributed by atoms with Gasteiger partial charge in [0.2, 0.25) is 0 Å². The Morgan fingerprint density at radius 3 is 2.81 bits per heavy atom. The highest BCUT2D eigenvalue weighted by molar-refractivity contribution is 7.98. The zero-order chi connectivity index (χ0) is 15.7. The van der Waals surface area contributed by atoms with Crippen molar-refractivity contribution in [3.8, 4) is 0 Å². The van der Waals surface area contributed by atoms with E-state index in [-0.39, 0.29) is 30.5 Å². The molecule has 0 fully saturated rings. The topological polar surface area (TPSA) is 61.4 Å². The quantitative estimate of drug-likeness (QED) is 0.689. The van der Waals surface area contributed by atoms with Gasteiger partial charge in [0.05, 0.1) is 0 Å². The van der Waals surface area contributed by atoms with Gasteiger partial charge < -0.3 is 15.7 Å². The Bertz CT molecular complexity index is 439. The number of urea groups is 1.